The summed E-state index contributed by atoms with van der Waals surface area (Å²) in [6.07, 6.45) is 0.983. The van der Waals surface area contributed by atoms with Crippen molar-refractivity contribution in [3.63, 3.8) is 0 Å². The van der Waals surface area contributed by atoms with Crippen LogP contribution in [-0.2, 0) is 18.3 Å². The largest absolute Gasteiger partial charge is 0.372 e. The van der Waals surface area contributed by atoms with E-state index >= 15 is 0 Å². The molecule has 1 N–H and O–H groups in total. The van der Waals surface area contributed by atoms with Gasteiger partial charge in [0.15, 0.2) is 11.0 Å². The van der Waals surface area contributed by atoms with Crippen LogP contribution in [0.3, 0.4) is 0 Å². The molecule has 0 aliphatic carbocycles. The predicted octanol–water partition coefficient (Wildman–Crippen LogP) is 4.62. The molecule has 1 aromatic heterocycles. The van der Waals surface area contributed by atoms with Gasteiger partial charge in [-0.15, -0.1) is 10.2 Å². The lowest BCUT2D eigenvalue weighted by Gasteiger charge is -2.21. The second-order valence-electron chi connectivity index (χ2n) is 6.97. The van der Waals surface area contributed by atoms with E-state index in [2.05, 4.69) is 65.5 Å². The SMILES string of the molecule is CCc1ccc(NC(=O)CSc2nnc(-c3ccc(N(CC)CC)cc3)n2C)cc1. The Bertz CT molecular complexity index is 962. The first-order valence-electron chi connectivity index (χ1n) is 10.3. The lowest BCUT2D eigenvalue weighted by atomic mass is 10.1. The number of anilines is 2. The molecule has 6 nitrogen and oxygen atoms in total. The molecule has 1 heterocycles. The zero-order chi connectivity index (χ0) is 21.5. The molecule has 0 radical (unpaired) electrons. The highest BCUT2D eigenvalue weighted by Crippen LogP contribution is 2.25. The number of rotatable bonds is 9. The maximum atomic E-state index is 12.3. The molecule has 0 fully saturated rings. The van der Waals surface area contributed by atoms with Gasteiger partial charge < -0.3 is 14.8 Å². The van der Waals surface area contributed by atoms with Crippen molar-refractivity contribution in [3.8, 4) is 11.4 Å². The van der Waals surface area contributed by atoms with E-state index in [1.807, 2.05) is 35.9 Å². The summed E-state index contributed by atoms with van der Waals surface area (Å²) in [6.45, 7) is 8.37. The van der Waals surface area contributed by atoms with Crippen LogP contribution in [0.1, 0.15) is 26.3 Å². The summed E-state index contributed by atoms with van der Waals surface area (Å²) in [5.41, 5.74) is 4.27. The van der Waals surface area contributed by atoms with Gasteiger partial charge in [-0.05, 0) is 62.2 Å². The topological polar surface area (TPSA) is 63.1 Å². The second-order valence-corrected chi connectivity index (χ2v) is 7.91. The molecule has 30 heavy (non-hydrogen) atoms. The molecular formula is C23H29N5OS. The first-order valence-corrected chi connectivity index (χ1v) is 11.3. The molecule has 3 rings (SSSR count). The maximum absolute atomic E-state index is 12.3. The fourth-order valence-electron chi connectivity index (χ4n) is 3.25. The van der Waals surface area contributed by atoms with E-state index in [0.29, 0.717) is 5.16 Å². The quantitative estimate of drug-likeness (QED) is 0.509. The molecule has 0 saturated carbocycles. The van der Waals surface area contributed by atoms with Crippen molar-refractivity contribution in [2.24, 2.45) is 7.05 Å². The Morgan fingerprint density at radius 2 is 1.67 bits per heavy atom. The summed E-state index contributed by atoms with van der Waals surface area (Å²) in [6, 6.07) is 16.3. The van der Waals surface area contributed by atoms with Crippen LogP contribution in [0.4, 0.5) is 11.4 Å². The minimum atomic E-state index is -0.0580. The molecule has 0 saturated heterocycles. The van der Waals surface area contributed by atoms with Crippen LogP contribution < -0.4 is 10.2 Å². The van der Waals surface area contributed by atoms with E-state index in [9.17, 15) is 4.79 Å². The normalized spacial score (nSPS) is 10.8. The summed E-state index contributed by atoms with van der Waals surface area (Å²) in [7, 11) is 1.93. The molecule has 0 bridgehead atoms. The predicted molar refractivity (Wildman–Crippen MR) is 125 cm³/mol. The van der Waals surface area contributed by atoms with Gasteiger partial charge in [0, 0.05) is 37.1 Å². The van der Waals surface area contributed by atoms with Crippen LogP contribution >= 0.6 is 11.8 Å². The van der Waals surface area contributed by atoms with Crippen LogP contribution in [-0.4, -0.2) is 39.5 Å². The Kier molecular flexibility index (Phi) is 7.52. The Labute approximate surface area is 182 Å². The molecule has 0 aliphatic rings. The van der Waals surface area contributed by atoms with Crippen LogP contribution in [0.2, 0.25) is 0 Å². The van der Waals surface area contributed by atoms with Crippen molar-refractivity contribution >= 4 is 29.0 Å². The third-order valence-corrected chi connectivity index (χ3v) is 6.09. The number of benzene rings is 2. The van der Waals surface area contributed by atoms with E-state index in [1.54, 1.807) is 0 Å². The van der Waals surface area contributed by atoms with Crippen LogP contribution in [0.5, 0.6) is 0 Å². The van der Waals surface area contributed by atoms with E-state index < -0.39 is 0 Å². The van der Waals surface area contributed by atoms with Gasteiger partial charge in [0.05, 0.1) is 5.75 Å². The summed E-state index contributed by atoms with van der Waals surface area (Å²) < 4.78 is 1.93. The molecule has 0 atom stereocenters. The van der Waals surface area contributed by atoms with E-state index in [4.69, 9.17) is 0 Å². The minimum Gasteiger partial charge on any atom is -0.372 e. The third-order valence-electron chi connectivity index (χ3n) is 5.07. The first-order chi connectivity index (χ1) is 14.5. The number of amides is 1. The van der Waals surface area contributed by atoms with Gasteiger partial charge >= 0.3 is 0 Å². The Morgan fingerprint density at radius 1 is 1.00 bits per heavy atom. The number of carbonyl (C=O) groups is 1. The van der Waals surface area contributed by atoms with Crippen molar-refractivity contribution < 1.29 is 4.79 Å². The molecule has 7 heteroatoms. The lowest BCUT2D eigenvalue weighted by molar-refractivity contribution is -0.113. The highest BCUT2D eigenvalue weighted by Gasteiger charge is 2.13. The number of hydrogen-bond acceptors (Lipinski definition) is 5. The summed E-state index contributed by atoms with van der Waals surface area (Å²) in [4.78, 5) is 14.6. The molecular weight excluding hydrogens is 394 g/mol. The van der Waals surface area contributed by atoms with E-state index in [-0.39, 0.29) is 11.7 Å². The fraction of sp³-hybridized carbons (Fsp3) is 0.348. The van der Waals surface area contributed by atoms with Crippen molar-refractivity contribution in [1.29, 1.82) is 0 Å². The second kappa shape index (κ2) is 10.3. The maximum Gasteiger partial charge on any atom is 0.234 e. The molecule has 3 aromatic rings. The third kappa shape index (κ3) is 5.21. The lowest BCUT2D eigenvalue weighted by Crippen LogP contribution is -2.21. The van der Waals surface area contributed by atoms with Crippen LogP contribution in [0, 0.1) is 0 Å². The molecule has 1 amide bonds. The number of thioether (sulfide) groups is 1. The summed E-state index contributed by atoms with van der Waals surface area (Å²) >= 11 is 1.38. The van der Waals surface area contributed by atoms with Crippen molar-refractivity contribution in [1.82, 2.24) is 14.8 Å². The number of aryl methyl sites for hydroxylation is 1. The molecule has 2 aromatic carbocycles. The van der Waals surface area contributed by atoms with Crippen molar-refractivity contribution in [2.75, 3.05) is 29.1 Å². The van der Waals surface area contributed by atoms with E-state index in [0.717, 1.165) is 36.6 Å². The molecule has 0 aliphatic heterocycles. The van der Waals surface area contributed by atoms with Crippen molar-refractivity contribution in [2.45, 2.75) is 32.3 Å². The Balaban J connectivity index is 1.61. The van der Waals surface area contributed by atoms with Crippen LogP contribution in [0.15, 0.2) is 53.7 Å². The van der Waals surface area contributed by atoms with Gasteiger partial charge in [-0.1, -0.05) is 30.8 Å². The van der Waals surface area contributed by atoms with Crippen LogP contribution in [0.25, 0.3) is 11.4 Å². The number of aromatic nitrogens is 3. The summed E-state index contributed by atoms with van der Waals surface area (Å²) in [5, 5.41) is 12.2. The highest BCUT2D eigenvalue weighted by atomic mass is 32.2. The minimum absolute atomic E-state index is 0.0580. The van der Waals surface area contributed by atoms with Gasteiger partial charge in [0.1, 0.15) is 0 Å². The van der Waals surface area contributed by atoms with Gasteiger partial charge in [-0.2, -0.15) is 0 Å². The Hall–Kier alpha value is -2.80. The first kappa shape index (κ1) is 21.9. The van der Waals surface area contributed by atoms with Gasteiger partial charge in [-0.25, -0.2) is 0 Å². The molecule has 158 valence electrons. The fourth-order valence-corrected chi connectivity index (χ4v) is 3.96. The smallest absolute Gasteiger partial charge is 0.234 e. The summed E-state index contributed by atoms with van der Waals surface area (Å²) in [5.74, 6) is 1.01. The van der Waals surface area contributed by atoms with Gasteiger partial charge in [-0.3, -0.25) is 4.79 Å². The molecule has 0 spiro atoms. The Morgan fingerprint density at radius 3 is 2.27 bits per heavy atom. The number of carbonyl (C=O) groups excluding carboxylic acids is 1. The average molecular weight is 424 g/mol. The average Bonchev–Trinajstić information content (AvgIpc) is 3.14. The number of hydrogen-bond donors (Lipinski definition) is 1. The monoisotopic (exact) mass is 423 g/mol. The zero-order valence-corrected chi connectivity index (χ0v) is 18.9. The number of nitrogens with zero attached hydrogens (tertiary/aromatic N) is 4. The zero-order valence-electron chi connectivity index (χ0n) is 18.1. The molecule has 0 unspecified atom stereocenters. The standard InChI is InChI=1S/C23H29N5OS/c1-5-17-8-12-19(13-9-17)24-21(29)16-30-23-26-25-22(27(23)4)18-10-14-20(15-11-18)28(6-2)7-3/h8-15H,5-7,16H2,1-4H3,(H,24,29). The van der Waals surface area contributed by atoms with Gasteiger partial charge in [0.25, 0.3) is 0 Å². The highest BCUT2D eigenvalue weighted by molar-refractivity contribution is 7.99. The number of nitrogens with one attached hydrogen (secondary N) is 1. The van der Waals surface area contributed by atoms with E-state index in [1.165, 1.54) is 23.0 Å². The van der Waals surface area contributed by atoms with Crippen molar-refractivity contribution in [3.05, 3.63) is 54.1 Å². The van der Waals surface area contributed by atoms with Gasteiger partial charge in [0.2, 0.25) is 5.91 Å².